The van der Waals surface area contributed by atoms with Gasteiger partial charge in [0.05, 0.1) is 0 Å². The zero-order valence-corrected chi connectivity index (χ0v) is 19.1. The van der Waals surface area contributed by atoms with Gasteiger partial charge in [-0.3, -0.25) is 9.59 Å². The van der Waals surface area contributed by atoms with Gasteiger partial charge in [0.2, 0.25) is 5.91 Å². The highest BCUT2D eigenvalue weighted by Gasteiger charge is 2.47. The van der Waals surface area contributed by atoms with Crippen LogP contribution in [0.3, 0.4) is 0 Å². The molecule has 2 aliphatic carbocycles. The molecule has 0 spiro atoms. The van der Waals surface area contributed by atoms with Gasteiger partial charge in [0, 0.05) is 37.9 Å². The van der Waals surface area contributed by atoms with Gasteiger partial charge in [-0.05, 0) is 53.4 Å². The van der Waals surface area contributed by atoms with Crippen LogP contribution in [-0.4, -0.2) is 54.2 Å². The molecule has 2 fully saturated rings. The number of likely N-dealkylation sites (tertiary alicyclic amines) is 1. The molecule has 5 rings (SSSR count). The van der Waals surface area contributed by atoms with E-state index in [2.05, 4.69) is 29.6 Å². The smallest absolute Gasteiger partial charge is 0.407 e. The first-order valence-corrected chi connectivity index (χ1v) is 12.1. The van der Waals surface area contributed by atoms with Crippen molar-refractivity contribution in [3.8, 4) is 11.1 Å². The van der Waals surface area contributed by atoms with Crippen molar-refractivity contribution in [3.63, 3.8) is 0 Å². The molecule has 2 atom stereocenters. The molecule has 3 aliphatic rings. The Balaban J connectivity index is 1.03. The van der Waals surface area contributed by atoms with Crippen LogP contribution in [0.5, 0.6) is 0 Å². The number of hydrogen-bond donors (Lipinski definition) is 2. The lowest BCUT2D eigenvalue weighted by Crippen LogP contribution is -2.50. The molecule has 1 heterocycles. The Hall–Kier alpha value is -3.35. The Kier molecular flexibility index (Phi) is 6.26. The van der Waals surface area contributed by atoms with Crippen molar-refractivity contribution in [2.75, 3.05) is 26.2 Å². The lowest BCUT2D eigenvalue weighted by molar-refractivity contribution is -0.140. The molecule has 1 saturated heterocycles. The molecule has 0 unspecified atom stereocenters. The van der Waals surface area contributed by atoms with Gasteiger partial charge in [0.1, 0.15) is 6.61 Å². The first kappa shape index (κ1) is 22.4. The molecule has 1 aliphatic heterocycles. The number of fused-ring (bicyclic) bond motifs is 3. The molecule has 2 N–H and O–H groups in total. The summed E-state index contributed by atoms with van der Waals surface area (Å²) >= 11 is 0. The van der Waals surface area contributed by atoms with Gasteiger partial charge in [-0.2, -0.15) is 0 Å². The normalized spacial score (nSPS) is 20.8. The summed E-state index contributed by atoms with van der Waals surface area (Å²) in [6.07, 6.45) is 2.06. The van der Waals surface area contributed by atoms with Crippen LogP contribution in [0.2, 0.25) is 0 Å². The maximum absolute atomic E-state index is 12.6. The van der Waals surface area contributed by atoms with Gasteiger partial charge in [-0.15, -0.1) is 0 Å². The van der Waals surface area contributed by atoms with Crippen LogP contribution in [0.25, 0.3) is 11.1 Å². The molecule has 2 aromatic carbocycles. The van der Waals surface area contributed by atoms with Crippen LogP contribution in [0.1, 0.15) is 42.7 Å². The monoisotopic (exact) mass is 462 g/mol. The van der Waals surface area contributed by atoms with Gasteiger partial charge in [0.25, 0.3) is 0 Å². The Labute approximate surface area is 199 Å². The Bertz CT molecular complexity index is 1050. The zero-order chi connectivity index (χ0) is 23.7. The quantitative estimate of drug-likeness (QED) is 0.590. The summed E-state index contributed by atoms with van der Waals surface area (Å²) in [6.45, 7) is 2.18. The molecular weight excluding hydrogens is 432 g/mol. The fourth-order valence-electron chi connectivity index (χ4n) is 5.35. The number of carboxylic acids is 1. The average Bonchev–Trinajstić information content (AvgIpc) is 3.52. The van der Waals surface area contributed by atoms with Crippen molar-refractivity contribution in [1.29, 1.82) is 0 Å². The van der Waals surface area contributed by atoms with Gasteiger partial charge in [-0.1, -0.05) is 48.5 Å². The minimum absolute atomic E-state index is 0.0196. The first-order valence-electron chi connectivity index (χ1n) is 12.1. The van der Waals surface area contributed by atoms with Crippen LogP contribution in [0.4, 0.5) is 4.79 Å². The number of alkyl carbamates (subject to hydrolysis) is 1. The molecule has 34 heavy (non-hydrogen) atoms. The minimum Gasteiger partial charge on any atom is -0.481 e. The largest absolute Gasteiger partial charge is 0.481 e. The maximum atomic E-state index is 12.6. The fourth-order valence-corrected chi connectivity index (χ4v) is 5.35. The van der Waals surface area contributed by atoms with E-state index in [0.717, 1.165) is 25.9 Å². The lowest BCUT2D eigenvalue weighted by Gasteiger charge is -2.39. The number of carboxylic acid groups (broad SMARTS) is 1. The molecule has 7 heteroatoms. The second kappa shape index (κ2) is 9.49. The zero-order valence-electron chi connectivity index (χ0n) is 19.1. The SMILES string of the molecule is O=C(O)CCCC1CN(C(=O)[C@@H]2C[C@@H]2CNC(=O)OCC2c3ccccc3-c3ccccc32)C1. The van der Waals surface area contributed by atoms with Crippen LogP contribution in [-0.2, 0) is 14.3 Å². The molecule has 2 amide bonds. The number of rotatable bonds is 9. The first-order chi connectivity index (χ1) is 16.5. The molecule has 0 bridgehead atoms. The average molecular weight is 463 g/mol. The molecule has 7 nitrogen and oxygen atoms in total. The number of ether oxygens (including phenoxy) is 1. The minimum atomic E-state index is -0.767. The summed E-state index contributed by atoms with van der Waals surface area (Å²) in [7, 11) is 0. The Morgan fingerprint density at radius 3 is 2.29 bits per heavy atom. The van der Waals surface area contributed by atoms with Gasteiger partial charge >= 0.3 is 12.1 Å². The highest BCUT2D eigenvalue weighted by molar-refractivity contribution is 5.82. The van der Waals surface area contributed by atoms with Gasteiger partial charge in [-0.25, -0.2) is 4.79 Å². The molecule has 178 valence electrons. The van der Waals surface area contributed by atoms with E-state index >= 15 is 0 Å². The highest BCUT2D eigenvalue weighted by Crippen LogP contribution is 2.44. The van der Waals surface area contributed by atoms with Crippen molar-refractivity contribution in [2.45, 2.75) is 31.6 Å². The summed E-state index contributed by atoms with van der Waals surface area (Å²) < 4.78 is 5.57. The summed E-state index contributed by atoms with van der Waals surface area (Å²) in [5.74, 6) is -0.0126. The number of nitrogens with zero attached hydrogens (tertiary/aromatic N) is 1. The van der Waals surface area contributed by atoms with Crippen LogP contribution in [0, 0.1) is 17.8 Å². The predicted molar refractivity (Wildman–Crippen MR) is 126 cm³/mol. The topological polar surface area (TPSA) is 95.9 Å². The van der Waals surface area contributed by atoms with E-state index in [-0.39, 0.29) is 36.7 Å². The van der Waals surface area contributed by atoms with Gasteiger partial charge in [0.15, 0.2) is 0 Å². The third-order valence-corrected chi connectivity index (χ3v) is 7.36. The molecule has 2 aromatic rings. The highest BCUT2D eigenvalue weighted by atomic mass is 16.5. The van der Waals surface area contributed by atoms with E-state index in [9.17, 15) is 14.4 Å². The Morgan fingerprint density at radius 1 is 1.00 bits per heavy atom. The number of aliphatic carboxylic acids is 1. The standard InChI is InChI=1S/C27H30N2O5/c30-25(31)11-5-6-17-14-29(15-17)26(32)23-12-18(23)13-28-27(33)34-16-24-21-9-3-1-7-19(21)20-8-2-4-10-22(20)24/h1-4,7-10,17-18,23-24H,5-6,11-16H2,(H,28,33)(H,30,31)/t18-,23-/m1/s1. The van der Waals surface area contributed by atoms with Gasteiger partial charge < -0.3 is 20.1 Å². The van der Waals surface area contributed by atoms with Crippen molar-refractivity contribution in [1.82, 2.24) is 10.2 Å². The molecule has 1 saturated carbocycles. The summed E-state index contributed by atoms with van der Waals surface area (Å²) in [6, 6.07) is 16.5. The summed E-state index contributed by atoms with van der Waals surface area (Å²) in [5, 5.41) is 11.6. The maximum Gasteiger partial charge on any atom is 0.407 e. The van der Waals surface area contributed by atoms with E-state index in [1.54, 1.807) is 0 Å². The fraction of sp³-hybridized carbons (Fsp3) is 0.444. The third-order valence-electron chi connectivity index (χ3n) is 7.36. The van der Waals surface area contributed by atoms with E-state index in [1.807, 2.05) is 29.2 Å². The van der Waals surface area contributed by atoms with E-state index in [1.165, 1.54) is 22.3 Å². The van der Waals surface area contributed by atoms with Crippen LogP contribution >= 0.6 is 0 Å². The van der Waals surface area contributed by atoms with Crippen molar-refractivity contribution in [2.24, 2.45) is 17.8 Å². The molecular formula is C27H30N2O5. The van der Waals surface area contributed by atoms with Crippen LogP contribution in [0.15, 0.2) is 48.5 Å². The summed E-state index contributed by atoms with van der Waals surface area (Å²) in [5.41, 5.74) is 4.75. The second-order valence-electron chi connectivity index (χ2n) is 9.70. The molecule has 0 radical (unpaired) electrons. The van der Waals surface area contributed by atoms with E-state index < -0.39 is 12.1 Å². The number of benzene rings is 2. The number of amides is 2. The van der Waals surface area contributed by atoms with E-state index in [4.69, 9.17) is 9.84 Å². The van der Waals surface area contributed by atoms with Crippen molar-refractivity contribution >= 4 is 18.0 Å². The Morgan fingerprint density at radius 2 is 1.65 bits per heavy atom. The second-order valence-corrected chi connectivity index (χ2v) is 9.70. The molecule has 0 aromatic heterocycles. The van der Waals surface area contributed by atoms with Crippen molar-refractivity contribution < 1.29 is 24.2 Å². The predicted octanol–water partition coefficient (Wildman–Crippen LogP) is 3.87. The lowest BCUT2D eigenvalue weighted by atomic mass is 9.93. The number of carbonyl (C=O) groups excluding carboxylic acids is 2. The third kappa shape index (κ3) is 4.65. The number of carbonyl (C=O) groups is 3. The van der Waals surface area contributed by atoms with E-state index in [0.29, 0.717) is 18.9 Å². The summed E-state index contributed by atoms with van der Waals surface area (Å²) in [4.78, 5) is 37.4. The number of nitrogens with one attached hydrogen (secondary N) is 1. The van der Waals surface area contributed by atoms with Crippen molar-refractivity contribution in [3.05, 3.63) is 59.7 Å². The number of hydrogen-bond acceptors (Lipinski definition) is 4. The van der Waals surface area contributed by atoms with Crippen LogP contribution < -0.4 is 5.32 Å².